The molecule has 0 aliphatic carbocycles. The van der Waals surface area contributed by atoms with Crippen molar-refractivity contribution in [3.05, 3.63) is 29.6 Å². The molecule has 0 radical (unpaired) electrons. The minimum atomic E-state index is -0.299. The summed E-state index contributed by atoms with van der Waals surface area (Å²) >= 11 is 0. The van der Waals surface area contributed by atoms with Gasteiger partial charge in [0.25, 0.3) is 0 Å². The number of carbonyl (C=O) groups excluding carboxylic acids is 1. The second kappa shape index (κ2) is 2.87. The van der Waals surface area contributed by atoms with E-state index in [9.17, 15) is 9.18 Å². The maximum atomic E-state index is 12.5. The van der Waals surface area contributed by atoms with Crippen molar-refractivity contribution < 1.29 is 9.18 Å². The van der Waals surface area contributed by atoms with Crippen molar-refractivity contribution >= 4 is 19.1 Å². The summed E-state index contributed by atoms with van der Waals surface area (Å²) in [5, 5.41) is 0. The molecule has 0 aliphatic rings. The van der Waals surface area contributed by atoms with Crippen LogP contribution in [0.5, 0.6) is 0 Å². The summed E-state index contributed by atoms with van der Waals surface area (Å²) < 4.78 is 12.5. The van der Waals surface area contributed by atoms with Gasteiger partial charge in [-0.15, -0.1) is 0 Å². The predicted molar refractivity (Wildman–Crippen MR) is 44.6 cm³/mol. The molecule has 0 atom stereocenters. The molecule has 0 fully saturated rings. The fraction of sp³-hybridized carbons (Fsp3) is 0.125. The van der Waals surface area contributed by atoms with Crippen LogP contribution in [0.4, 0.5) is 4.39 Å². The molecule has 56 valence electrons. The Hall–Kier alpha value is -1.12. The number of Topliss-reactive ketones (excluding diaryl/α,β-unsaturated/α-hetero) is 1. The maximum absolute atomic E-state index is 12.5. The summed E-state index contributed by atoms with van der Waals surface area (Å²) in [4.78, 5) is 10.9. The summed E-state index contributed by atoms with van der Waals surface area (Å²) in [6.45, 7) is 1.47. The maximum Gasteiger partial charge on any atom is 0.159 e. The van der Waals surface area contributed by atoms with Crippen molar-refractivity contribution in [2.75, 3.05) is 0 Å². The molecule has 11 heavy (non-hydrogen) atoms. The molecule has 0 N–H and O–H groups in total. The number of benzene rings is 1. The molecule has 0 unspecified atom stereocenters. The third kappa shape index (κ3) is 1.67. The first kappa shape index (κ1) is 7.99. The Morgan fingerprint density at radius 1 is 1.55 bits per heavy atom. The lowest BCUT2D eigenvalue weighted by Gasteiger charge is -1.99. The first-order valence-corrected chi connectivity index (χ1v) is 3.38. The second-order valence-corrected chi connectivity index (χ2v) is 2.52. The van der Waals surface area contributed by atoms with Gasteiger partial charge in [0.15, 0.2) is 5.78 Å². The van der Waals surface area contributed by atoms with Crippen LogP contribution in [0.15, 0.2) is 18.2 Å². The van der Waals surface area contributed by atoms with Crippen molar-refractivity contribution in [3.63, 3.8) is 0 Å². The molecule has 0 aromatic heterocycles. The van der Waals surface area contributed by atoms with Gasteiger partial charge in [0.05, 0.1) is 0 Å². The van der Waals surface area contributed by atoms with E-state index in [2.05, 4.69) is 0 Å². The molecule has 1 aromatic rings. The van der Waals surface area contributed by atoms with Gasteiger partial charge in [0, 0.05) is 5.56 Å². The van der Waals surface area contributed by atoms with Crippen LogP contribution in [0.2, 0.25) is 0 Å². The highest BCUT2D eigenvalue weighted by Crippen LogP contribution is 1.99. The lowest BCUT2D eigenvalue weighted by molar-refractivity contribution is 0.101. The minimum absolute atomic E-state index is 0.0255. The first-order chi connectivity index (χ1) is 5.11. The number of carbonyl (C=O) groups is 1. The van der Waals surface area contributed by atoms with E-state index in [-0.39, 0.29) is 11.6 Å². The van der Waals surface area contributed by atoms with Crippen molar-refractivity contribution in [1.29, 1.82) is 0 Å². The molecule has 0 aliphatic heterocycles. The Labute approximate surface area is 65.6 Å². The van der Waals surface area contributed by atoms with Crippen LogP contribution in [0.25, 0.3) is 0 Å². The molecule has 0 amide bonds. The molecule has 0 saturated carbocycles. The Balaban J connectivity index is 3.20. The molecule has 0 spiro atoms. The summed E-state index contributed by atoms with van der Waals surface area (Å²) in [5.41, 5.74) is 1.28. The Kier molecular flexibility index (Phi) is 2.08. The standard InChI is InChI=1S/C8H8BFO/c1-5(11)7-3-2-6(10)4-8(7)9/h2-4H,9H2,1H3. The highest BCUT2D eigenvalue weighted by atomic mass is 19.1. The fourth-order valence-electron chi connectivity index (χ4n) is 1.02. The predicted octanol–water partition coefficient (Wildman–Crippen LogP) is 0.287. The van der Waals surface area contributed by atoms with Crippen LogP contribution in [-0.2, 0) is 0 Å². The number of halogens is 1. The van der Waals surface area contributed by atoms with Crippen molar-refractivity contribution in [2.45, 2.75) is 6.92 Å². The van der Waals surface area contributed by atoms with Gasteiger partial charge in [0.1, 0.15) is 13.7 Å². The van der Waals surface area contributed by atoms with E-state index in [1.54, 1.807) is 7.85 Å². The van der Waals surface area contributed by atoms with Crippen LogP contribution in [0.1, 0.15) is 17.3 Å². The molecular weight excluding hydrogens is 142 g/mol. The van der Waals surface area contributed by atoms with Gasteiger partial charge in [0.2, 0.25) is 0 Å². The number of hydrogen-bond donors (Lipinski definition) is 0. The fourth-order valence-corrected chi connectivity index (χ4v) is 1.02. The Morgan fingerprint density at radius 2 is 2.18 bits per heavy atom. The van der Waals surface area contributed by atoms with Gasteiger partial charge >= 0.3 is 0 Å². The molecule has 3 heteroatoms. The van der Waals surface area contributed by atoms with Gasteiger partial charge in [-0.3, -0.25) is 4.79 Å². The third-order valence-corrected chi connectivity index (χ3v) is 1.57. The SMILES string of the molecule is Bc1cc(F)ccc1C(C)=O. The molecule has 0 bridgehead atoms. The minimum Gasteiger partial charge on any atom is -0.295 e. The van der Waals surface area contributed by atoms with Crippen LogP contribution in [0.3, 0.4) is 0 Å². The zero-order chi connectivity index (χ0) is 8.43. The second-order valence-electron chi connectivity index (χ2n) is 2.52. The number of hydrogen-bond acceptors (Lipinski definition) is 1. The quantitative estimate of drug-likeness (QED) is 0.415. The lowest BCUT2D eigenvalue weighted by Crippen LogP contribution is -2.14. The summed E-state index contributed by atoms with van der Waals surface area (Å²) in [7, 11) is 1.72. The molecule has 1 rings (SSSR count). The topological polar surface area (TPSA) is 17.1 Å². The summed E-state index contributed by atoms with van der Waals surface area (Å²) in [6, 6.07) is 4.16. The van der Waals surface area contributed by atoms with E-state index in [1.807, 2.05) is 0 Å². The van der Waals surface area contributed by atoms with Gasteiger partial charge in [-0.05, 0) is 25.1 Å². The van der Waals surface area contributed by atoms with Crippen molar-refractivity contribution in [1.82, 2.24) is 0 Å². The normalized spacial score (nSPS) is 9.64. The average molecular weight is 150 g/mol. The Morgan fingerprint density at radius 3 is 2.64 bits per heavy atom. The number of rotatable bonds is 1. The monoisotopic (exact) mass is 150 g/mol. The van der Waals surface area contributed by atoms with Gasteiger partial charge in [-0.25, -0.2) is 4.39 Å². The highest BCUT2D eigenvalue weighted by molar-refractivity contribution is 6.36. The van der Waals surface area contributed by atoms with Crippen LogP contribution in [-0.4, -0.2) is 13.6 Å². The van der Waals surface area contributed by atoms with Crippen LogP contribution in [0, 0.1) is 5.82 Å². The summed E-state index contributed by atoms with van der Waals surface area (Å²) in [6.07, 6.45) is 0. The van der Waals surface area contributed by atoms with E-state index < -0.39 is 0 Å². The van der Waals surface area contributed by atoms with Crippen LogP contribution < -0.4 is 5.46 Å². The summed E-state index contributed by atoms with van der Waals surface area (Å²) in [5.74, 6) is -0.324. The third-order valence-electron chi connectivity index (χ3n) is 1.57. The van der Waals surface area contributed by atoms with Crippen LogP contribution >= 0.6 is 0 Å². The first-order valence-electron chi connectivity index (χ1n) is 3.38. The molecular formula is C8H8BFO. The van der Waals surface area contributed by atoms with Gasteiger partial charge in [-0.2, -0.15) is 0 Å². The zero-order valence-electron chi connectivity index (χ0n) is 6.52. The molecule has 0 heterocycles. The lowest BCUT2D eigenvalue weighted by atomic mass is 9.89. The Bertz CT molecular complexity index is 296. The van der Waals surface area contributed by atoms with Crippen molar-refractivity contribution in [3.8, 4) is 0 Å². The number of ketones is 1. The zero-order valence-corrected chi connectivity index (χ0v) is 6.52. The smallest absolute Gasteiger partial charge is 0.159 e. The molecule has 1 aromatic carbocycles. The average Bonchev–Trinajstić information content (AvgIpc) is 1.85. The highest BCUT2D eigenvalue weighted by Gasteiger charge is 2.02. The van der Waals surface area contributed by atoms with E-state index in [0.29, 0.717) is 11.0 Å². The molecule has 0 saturated heterocycles. The van der Waals surface area contributed by atoms with E-state index in [4.69, 9.17) is 0 Å². The van der Waals surface area contributed by atoms with E-state index >= 15 is 0 Å². The van der Waals surface area contributed by atoms with E-state index in [0.717, 1.165) is 0 Å². The van der Waals surface area contributed by atoms with Crippen molar-refractivity contribution in [2.24, 2.45) is 0 Å². The molecule has 1 nitrogen and oxygen atoms in total. The van der Waals surface area contributed by atoms with Gasteiger partial charge in [-0.1, -0.05) is 5.46 Å². The van der Waals surface area contributed by atoms with Gasteiger partial charge < -0.3 is 0 Å². The van der Waals surface area contributed by atoms with E-state index in [1.165, 1.54) is 25.1 Å². The largest absolute Gasteiger partial charge is 0.295 e.